The van der Waals surface area contributed by atoms with Gasteiger partial charge in [0.25, 0.3) is 0 Å². The van der Waals surface area contributed by atoms with Gasteiger partial charge in [-0.2, -0.15) is 0 Å². The predicted molar refractivity (Wildman–Crippen MR) is 120 cm³/mol. The van der Waals surface area contributed by atoms with Crippen LogP contribution in [-0.4, -0.2) is 23.5 Å². The minimum Gasteiger partial charge on any atom is -0.481 e. The number of carboxylic acids is 1. The van der Waals surface area contributed by atoms with Gasteiger partial charge < -0.3 is 9.84 Å². The van der Waals surface area contributed by atoms with Crippen LogP contribution in [0.4, 0.5) is 0 Å². The van der Waals surface area contributed by atoms with Gasteiger partial charge in [-0.05, 0) is 23.3 Å². The average Bonchev–Trinajstić information content (AvgIpc) is 2.83. The second-order valence-electron chi connectivity index (χ2n) is 7.01. The van der Waals surface area contributed by atoms with Crippen molar-refractivity contribution < 1.29 is 19.4 Å². The molecule has 0 saturated carbocycles. The summed E-state index contributed by atoms with van der Waals surface area (Å²) in [6.07, 6.45) is 0. The van der Waals surface area contributed by atoms with Gasteiger partial charge in [-0.1, -0.05) is 91.0 Å². The van der Waals surface area contributed by atoms with E-state index >= 15 is 0 Å². The van der Waals surface area contributed by atoms with Crippen molar-refractivity contribution in [3.05, 3.63) is 114 Å². The number of benzene rings is 4. The number of ether oxygens (including phenoxy) is 1. The molecule has 0 aromatic heterocycles. The zero-order valence-corrected chi connectivity index (χ0v) is 16.7. The first kappa shape index (κ1) is 20.1. The van der Waals surface area contributed by atoms with E-state index in [2.05, 4.69) is 0 Å². The molecule has 4 heteroatoms. The van der Waals surface area contributed by atoms with Gasteiger partial charge in [0, 0.05) is 22.3 Å². The molecule has 4 nitrogen and oxygen atoms in total. The summed E-state index contributed by atoms with van der Waals surface area (Å²) in [5.74, 6) is -0.744. The van der Waals surface area contributed by atoms with Gasteiger partial charge in [-0.3, -0.25) is 4.79 Å². The summed E-state index contributed by atoms with van der Waals surface area (Å²) in [5.41, 5.74) is 4.10. The van der Waals surface area contributed by atoms with Crippen molar-refractivity contribution in [1.82, 2.24) is 0 Å². The lowest BCUT2D eigenvalue weighted by Gasteiger charge is -2.18. The van der Waals surface area contributed by atoms with E-state index in [-0.39, 0.29) is 5.78 Å². The summed E-state index contributed by atoms with van der Waals surface area (Å²) < 4.78 is 5.77. The fraction of sp³-hybridized carbons (Fsp3) is 0.0370. The highest BCUT2D eigenvalue weighted by Gasteiger charge is 2.20. The van der Waals surface area contributed by atoms with Crippen LogP contribution in [0.2, 0.25) is 0 Å². The lowest BCUT2D eigenvalue weighted by Crippen LogP contribution is -2.11. The van der Waals surface area contributed by atoms with Crippen molar-refractivity contribution in [2.45, 2.75) is 0 Å². The van der Waals surface area contributed by atoms with Crippen molar-refractivity contribution >= 4 is 11.8 Å². The quantitative estimate of drug-likeness (QED) is 0.398. The summed E-state index contributed by atoms with van der Waals surface area (Å²) in [6, 6.07) is 31.6. The highest BCUT2D eigenvalue weighted by Crippen LogP contribution is 2.40. The standard InChI is InChI=1S/C27H20O4/c28-25(29)18-31-27-23(19-10-4-1-5-11-19)16-22(26(30)21-14-8-3-9-15-21)17-24(27)20-12-6-2-7-13-20/h1-17H,18H2,(H,28,29). The van der Waals surface area contributed by atoms with Crippen molar-refractivity contribution in [3.8, 4) is 28.0 Å². The van der Waals surface area contributed by atoms with Crippen LogP contribution in [0.25, 0.3) is 22.3 Å². The molecular formula is C27H20O4. The molecule has 0 fully saturated rings. The monoisotopic (exact) mass is 408 g/mol. The maximum atomic E-state index is 13.3. The Morgan fingerprint density at radius 2 is 1.10 bits per heavy atom. The molecule has 0 atom stereocenters. The molecule has 31 heavy (non-hydrogen) atoms. The van der Waals surface area contributed by atoms with E-state index < -0.39 is 12.6 Å². The number of hydrogen-bond acceptors (Lipinski definition) is 3. The molecule has 0 radical (unpaired) electrons. The molecule has 152 valence electrons. The van der Waals surface area contributed by atoms with E-state index in [1.54, 1.807) is 24.3 Å². The fourth-order valence-corrected chi connectivity index (χ4v) is 3.47. The molecule has 0 saturated heterocycles. The molecule has 0 heterocycles. The maximum absolute atomic E-state index is 13.3. The highest BCUT2D eigenvalue weighted by atomic mass is 16.5. The van der Waals surface area contributed by atoms with Crippen LogP contribution in [0, 0.1) is 0 Å². The zero-order chi connectivity index (χ0) is 21.6. The van der Waals surface area contributed by atoms with E-state index in [4.69, 9.17) is 4.74 Å². The Morgan fingerprint density at radius 1 is 0.645 bits per heavy atom. The number of hydrogen-bond donors (Lipinski definition) is 1. The van der Waals surface area contributed by atoms with Gasteiger partial charge in [0.1, 0.15) is 5.75 Å². The van der Waals surface area contributed by atoms with Crippen LogP contribution in [0.5, 0.6) is 5.75 Å². The third-order valence-corrected chi connectivity index (χ3v) is 4.90. The molecule has 4 aromatic rings. The Bertz CT molecular complexity index is 1140. The zero-order valence-electron chi connectivity index (χ0n) is 16.7. The Kier molecular flexibility index (Phi) is 5.90. The van der Waals surface area contributed by atoms with E-state index in [9.17, 15) is 14.7 Å². The van der Waals surface area contributed by atoms with Crippen molar-refractivity contribution in [3.63, 3.8) is 0 Å². The largest absolute Gasteiger partial charge is 0.481 e. The Morgan fingerprint density at radius 3 is 1.55 bits per heavy atom. The molecule has 0 unspecified atom stereocenters. The number of carbonyl (C=O) groups is 2. The summed E-state index contributed by atoms with van der Waals surface area (Å²) in [4.78, 5) is 24.5. The van der Waals surface area contributed by atoms with Crippen LogP contribution in [0.1, 0.15) is 15.9 Å². The molecule has 0 aliphatic heterocycles. The van der Waals surface area contributed by atoms with E-state index in [0.29, 0.717) is 28.0 Å². The summed E-state index contributed by atoms with van der Waals surface area (Å²) in [6.45, 7) is -0.481. The smallest absolute Gasteiger partial charge is 0.341 e. The van der Waals surface area contributed by atoms with E-state index in [1.165, 1.54) is 0 Å². The second kappa shape index (κ2) is 9.09. The first-order valence-corrected chi connectivity index (χ1v) is 9.86. The molecule has 4 aromatic carbocycles. The first-order chi connectivity index (χ1) is 15.1. The summed E-state index contributed by atoms with van der Waals surface area (Å²) in [5, 5.41) is 9.21. The number of ketones is 1. The molecular weight excluding hydrogens is 388 g/mol. The summed E-state index contributed by atoms with van der Waals surface area (Å²) in [7, 11) is 0. The van der Waals surface area contributed by atoms with Crippen LogP contribution in [-0.2, 0) is 4.79 Å². The number of rotatable bonds is 7. The average molecular weight is 408 g/mol. The second-order valence-corrected chi connectivity index (χ2v) is 7.01. The third kappa shape index (κ3) is 4.54. The molecule has 0 spiro atoms. The Balaban J connectivity index is 1.96. The van der Waals surface area contributed by atoms with Gasteiger partial charge in [0.15, 0.2) is 12.4 Å². The molecule has 0 bridgehead atoms. The minimum atomic E-state index is -1.07. The van der Waals surface area contributed by atoms with Crippen molar-refractivity contribution in [2.75, 3.05) is 6.61 Å². The van der Waals surface area contributed by atoms with Crippen LogP contribution >= 0.6 is 0 Å². The van der Waals surface area contributed by atoms with E-state index in [0.717, 1.165) is 11.1 Å². The predicted octanol–water partition coefficient (Wildman–Crippen LogP) is 5.72. The molecule has 0 aliphatic carbocycles. The van der Waals surface area contributed by atoms with Gasteiger partial charge >= 0.3 is 5.97 Å². The lowest BCUT2D eigenvalue weighted by atomic mass is 9.91. The highest BCUT2D eigenvalue weighted by molar-refractivity contribution is 6.10. The maximum Gasteiger partial charge on any atom is 0.341 e. The van der Waals surface area contributed by atoms with Gasteiger partial charge in [-0.15, -0.1) is 0 Å². The number of aliphatic carboxylic acids is 1. The third-order valence-electron chi connectivity index (χ3n) is 4.90. The lowest BCUT2D eigenvalue weighted by molar-refractivity contribution is -0.139. The summed E-state index contributed by atoms with van der Waals surface area (Å²) >= 11 is 0. The molecule has 1 N–H and O–H groups in total. The van der Waals surface area contributed by atoms with Crippen LogP contribution in [0.3, 0.4) is 0 Å². The van der Waals surface area contributed by atoms with Gasteiger partial charge in [-0.25, -0.2) is 4.79 Å². The van der Waals surface area contributed by atoms with Crippen LogP contribution in [0.15, 0.2) is 103 Å². The molecule has 4 rings (SSSR count). The van der Waals surface area contributed by atoms with E-state index in [1.807, 2.05) is 78.9 Å². The minimum absolute atomic E-state index is 0.111. The molecule has 0 amide bonds. The first-order valence-electron chi connectivity index (χ1n) is 9.86. The fourth-order valence-electron chi connectivity index (χ4n) is 3.47. The van der Waals surface area contributed by atoms with Crippen molar-refractivity contribution in [2.24, 2.45) is 0 Å². The normalized spacial score (nSPS) is 10.5. The number of carboxylic acid groups (broad SMARTS) is 1. The van der Waals surface area contributed by atoms with Gasteiger partial charge in [0.05, 0.1) is 0 Å². The van der Waals surface area contributed by atoms with Crippen molar-refractivity contribution in [1.29, 1.82) is 0 Å². The van der Waals surface area contributed by atoms with Crippen LogP contribution < -0.4 is 4.74 Å². The SMILES string of the molecule is O=C(O)COc1c(-c2ccccc2)cc(C(=O)c2ccccc2)cc1-c1ccccc1. The topological polar surface area (TPSA) is 63.6 Å². The van der Waals surface area contributed by atoms with Gasteiger partial charge in [0.2, 0.25) is 0 Å². The number of carbonyl (C=O) groups excluding carboxylic acids is 1. The Labute approximate surface area is 180 Å². The Hall–Kier alpha value is -4.18. The molecule has 0 aliphatic rings.